The van der Waals surface area contributed by atoms with Gasteiger partial charge in [-0.15, -0.1) is 0 Å². The molecule has 2 heterocycles. The van der Waals surface area contributed by atoms with Crippen molar-refractivity contribution in [2.75, 3.05) is 6.61 Å². The van der Waals surface area contributed by atoms with Gasteiger partial charge in [-0.3, -0.25) is 9.20 Å². The second-order valence-electron chi connectivity index (χ2n) is 3.26. The second kappa shape index (κ2) is 4.55. The summed E-state index contributed by atoms with van der Waals surface area (Å²) in [7, 11) is 0. The van der Waals surface area contributed by atoms with Crippen LogP contribution in [0.1, 0.15) is 27.9 Å². The SMILES string of the molecule is CCOC(=O)c1nc2cc(Cl)ccn2c1C=O. The molecule has 0 aliphatic heterocycles. The van der Waals surface area contributed by atoms with Gasteiger partial charge in [-0.25, -0.2) is 9.78 Å². The lowest BCUT2D eigenvalue weighted by Crippen LogP contribution is -2.08. The number of aromatic nitrogens is 2. The van der Waals surface area contributed by atoms with Crippen LogP contribution in [0.3, 0.4) is 0 Å². The van der Waals surface area contributed by atoms with Gasteiger partial charge < -0.3 is 4.74 Å². The number of aldehydes is 1. The maximum absolute atomic E-state index is 11.6. The van der Waals surface area contributed by atoms with Gasteiger partial charge in [0.2, 0.25) is 0 Å². The predicted molar refractivity (Wildman–Crippen MR) is 61.5 cm³/mol. The van der Waals surface area contributed by atoms with E-state index in [0.717, 1.165) is 0 Å². The van der Waals surface area contributed by atoms with E-state index in [-0.39, 0.29) is 18.0 Å². The third-order valence-electron chi connectivity index (χ3n) is 2.21. The normalized spacial score (nSPS) is 10.5. The number of hydrogen-bond acceptors (Lipinski definition) is 4. The Balaban J connectivity index is 2.63. The summed E-state index contributed by atoms with van der Waals surface area (Å²) in [5.74, 6) is -0.616. The molecule has 0 saturated carbocycles. The van der Waals surface area contributed by atoms with E-state index in [9.17, 15) is 9.59 Å². The highest BCUT2D eigenvalue weighted by molar-refractivity contribution is 6.30. The van der Waals surface area contributed by atoms with Gasteiger partial charge in [-0.2, -0.15) is 0 Å². The summed E-state index contributed by atoms with van der Waals surface area (Å²) in [6.45, 7) is 1.91. The number of rotatable bonds is 3. The fourth-order valence-electron chi connectivity index (χ4n) is 1.50. The standard InChI is InChI=1S/C11H9ClN2O3/c1-2-17-11(16)10-8(6-15)14-4-3-7(12)5-9(14)13-10/h3-6H,2H2,1H3. The maximum atomic E-state index is 11.6. The lowest BCUT2D eigenvalue weighted by atomic mass is 10.3. The van der Waals surface area contributed by atoms with Crippen LogP contribution in [-0.4, -0.2) is 28.2 Å². The molecule has 0 bridgehead atoms. The van der Waals surface area contributed by atoms with Crippen LogP contribution in [-0.2, 0) is 4.74 Å². The zero-order chi connectivity index (χ0) is 12.4. The number of halogens is 1. The number of fused-ring (bicyclic) bond motifs is 1. The number of hydrogen-bond donors (Lipinski definition) is 0. The summed E-state index contributed by atoms with van der Waals surface area (Å²) in [6, 6.07) is 3.18. The highest BCUT2D eigenvalue weighted by Gasteiger charge is 2.19. The first-order valence-electron chi connectivity index (χ1n) is 4.97. The number of imidazole rings is 1. The average molecular weight is 253 g/mol. The quantitative estimate of drug-likeness (QED) is 0.619. The van der Waals surface area contributed by atoms with Gasteiger partial charge in [0.05, 0.1) is 6.61 Å². The minimum absolute atomic E-state index is 0.00381. The van der Waals surface area contributed by atoms with Crippen molar-refractivity contribution in [3.63, 3.8) is 0 Å². The van der Waals surface area contributed by atoms with Crippen molar-refractivity contribution >= 4 is 29.5 Å². The fraction of sp³-hybridized carbons (Fsp3) is 0.182. The van der Waals surface area contributed by atoms with Crippen LogP contribution in [0.15, 0.2) is 18.3 Å². The third kappa shape index (κ3) is 2.01. The van der Waals surface area contributed by atoms with Gasteiger partial charge >= 0.3 is 5.97 Å². The van der Waals surface area contributed by atoms with E-state index < -0.39 is 5.97 Å². The van der Waals surface area contributed by atoms with Crippen LogP contribution < -0.4 is 0 Å². The van der Waals surface area contributed by atoms with E-state index in [4.69, 9.17) is 16.3 Å². The first-order valence-corrected chi connectivity index (χ1v) is 5.35. The molecule has 0 saturated heterocycles. The Morgan fingerprint density at radius 2 is 2.41 bits per heavy atom. The van der Waals surface area contributed by atoms with Crippen molar-refractivity contribution < 1.29 is 14.3 Å². The highest BCUT2D eigenvalue weighted by Crippen LogP contribution is 2.16. The molecular weight excluding hydrogens is 244 g/mol. The first-order chi connectivity index (χ1) is 8.17. The number of nitrogens with zero attached hydrogens (tertiary/aromatic N) is 2. The van der Waals surface area contributed by atoms with Gasteiger partial charge in [0.15, 0.2) is 12.0 Å². The molecule has 5 nitrogen and oxygen atoms in total. The Hall–Kier alpha value is -1.88. The van der Waals surface area contributed by atoms with Gasteiger partial charge in [-0.05, 0) is 13.0 Å². The fourth-order valence-corrected chi connectivity index (χ4v) is 1.66. The molecule has 88 valence electrons. The van der Waals surface area contributed by atoms with Crippen LogP contribution in [0.5, 0.6) is 0 Å². The van der Waals surface area contributed by atoms with E-state index in [0.29, 0.717) is 17.0 Å². The molecule has 2 rings (SSSR count). The minimum Gasteiger partial charge on any atom is -0.461 e. The molecule has 0 amide bonds. The monoisotopic (exact) mass is 252 g/mol. The van der Waals surface area contributed by atoms with Crippen LogP contribution in [0.4, 0.5) is 0 Å². The zero-order valence-corrected chi connectivity index (χ0v) is 9.77. The smallest absolute Gasteiger partial charge is 0.359 e. The molecule has 0 unspecified atom stereocenters. The van der Waals surface area contributed by atoms with E-state index in [2.05, 4.69) is 4.98 Å². The largest absolute Gasteiger partial charge is 0.461 e. The van der Waals surface area contributed by atoms with Crippen molar-refractivity contribution in [1.29, 1.82) is 0 Å². The summed E-state index contributed by atoms with van der Waals surface area (Å²) < 4.78 is 6.31. The topological polar surface area (TPSA) is 60.7 Å². The number of carbonyl (C=O) groups is 2. The molecule has 6 heteroatoms. The summed E-state index contributed by atoms with van der Waals surface area (Å²) in [5.41, 5.74) is 0.599. The first kappa shape index (κ1) is 11.6. The van der Waals surface area contributed by atoms with Gasteiger partial charge in [0, 0.05) is 17.3 Å². The molecule has 0 fully saturated rings. The highest BCUT2D eigenvalue weighted by atomic mass is 35.5. The number of esters is 1. The molecule has 2 aromatic heterocycles. The summed E-state index contributed by atoms with van der Waals surface area (Å²) in [4.78, 5) is 26.6. The van der Waals surface area contributed by atoms with Crippen molar-refractivity contribution in [3.8, 4) is 0 Å². The zero-order valence-electron chi connectivity index (χ0n) is 9.01. The van der Waals surface area contributed by atoms with Crippen molar-refractivity contribution in [2.24, 2.45) is 0 Å². The number of pyridine rings is 1. The lowest BCUT2D eigenvalue weighted by Gasteiger charge is -1.98. The Bertz CT molecular complexity index is 592. The molecule has 0 spiro atoms. The molecule has 0 aliphatic rings. The van der Waals surface area contributed by atoms with Gasteiger partial charge in [0.1, 0.15) is 11.3 Å². The average Bonchev–Trinajstić information content (AvgIpc) is 2.66. The second-order valence-corrected chi connectivity index (χ2v) is 3.69. The van der Waals surface area contributed by atoms with Gasteiger partial charge in [0.25, 0.3) is 0 Å². The molecule has 0 atom stereocenters. The predicted octanol–water partition coefficient (Wildman–Crippen LogP) is 1.98. The molecule has 0 radical (unpaired) electrons. The number of ether oxygens (including phenoxy) is 1. The van der Waals surface area contributed by atoms with E-state index >= 15 is 0 Å². The molecule has 0 aromatic carbocycles. The summed E-state index contributed by atoms with van der Waals surface area (Å²) in [5, 5.41) is 0.482. The van der Waals surface area contributed by atoms with E-state index in [1.54, 1.807) is 25.3 Å². The molecule has 2 aromatic rings. The summed E-state index contributed by atoms with van der Waals surface area (Å²) in [6.07, 6.45) is 2.15. The third-order valence-corrected chi connectivity index (χ3v) is 2.44. The molecule has 17 heavy (non-hydrogen) atoms. The molecule has 0 N–H and O–H groups in total. The Morgan fingerprint density at radius 1 is 1.65 bits per heavy atom. The minimum atomic E-state index is -0.616. The van der Waals surface area contributed by atoms with Crippen molar-refractivity contribution in [1.82, 2.24) is 9.38 Å². The molecule has 0 aliphatic carbocycles. The Kier molecular flexibility index (Phi) is 3.10. The van der Waals surface area contributed by atoms with Crippen LogP contribution in [0.2, 0.25) is 5.02 Å². The lowest BCUT2D eigenvalue weighted by molar-refractivity contribution is 0.0518. The maximum Gasteiger partial charge on any atom is 0.359 e. The van der Waals surface area contributed by atoms with Crippen LogP contribution in [0, 0.1) is 0 Å². The van der Waals surface area contributed by atoms with Crippen molar-refractivity contribution in [2.45, 2.75) is 6.92 Å². The van der Waals surface area contributed by atoms with E-state index in [1.807, 2.05) is 0 Å². The van der Waals surface area contributed by atoms with Crippen molar-refractivity contribution in [3.05, 3.63) is 34.7 Å². The van der Waals surface area contributed by atoms with Crippen LogP contribution >= 0.6 is 11.6 Å². The van der Waals surface area contributed by atoms with Crippen LogP contribution in [0.25, 0.3) is 5.65 Å². The van der Waals surface area contributed by atoms with E-state index in [1.165, 1.54) is 4.40 Å². The summed E-state index contributed by atoms with van der Waals surface area (Å²) >= 11 is 5.81. The Labute approximate surface area is 102 Å². The molecular formula is C11H9ClN2O3. The Morgan fingerprint density at radius 3 is 3.06 bits per heavy atom. The van der Waals surface area contributed by atoms with Gasteiger partial charge in [-0.1, -0.05) is 11.6 Å². The number of carbonyl (C=O) groups excluding carboxylic acids is 2.